The third-order valence-electron chi connectivity index (χ3n) is 12.5. The first-order chi connectivity index (χ1) is 27.0. The van der Waals surface area contributed by atoms with Gasteiger partial charge in [0.2, 0.25) is 0 Å². The Kier molecular flexibility index (Phi) is 17.8. The molecule has 0 bridgehead atoms. The minimum absolute atomic E-state index is 0.0194. The van der Waals surface area contributed by atoms with Crippen LogP contribution in [0, 0.1) is 35.6 Å². The van der Waals surface area contributed by atoms with Crippen LogP contribution in [0.25, 0.3) is 0 Å². The van der Waals surface area contributed by atoms with Gasteiger partial charge in [0.1, 0.15) is 12.2 Å². The molecule has 0 radical (unpaired) electrons. The van der Waals surface area contributed by atoms with Crippen LogP contribution in [-0.4, -0.2) is 88.0 Å². The van der Waals surface area contributed by atoms with E-state index in [2.05, 4.69) is 25.2 Å². The second-order valence-corrected chi connectivity index (χ2v) is 17.6. The van der Waals surface area contributed by atoms with Crippen molar-refractivity contribution in [3.8, 4) is 11.5 Å². The van der Waals surface area contributed by atoms with Gasteiger partial charge in [-0.15, -0.1) is 4.99 Å². The van der Waals surface area contributed by atoms with Gasteiger partial charge in [-0.25, -0.2) is 0 Å². The summed E-state index contributed by atoms with van der Waals surface area (Å²) >= 11 is 0. The summed E-state index contributed by atoms with van der Waals surface area (Å²) in [5, 5.41) is 55.3. The number of rotatable bonds is 25. The lowest BCUT2D eigenvalue weighted by atomic mass is 9.80. The third-order valence-corrected chi connectivity index (χ3v) is 12.5. The minimum Gasteiger partial charge on any atom is -0.592 e. The average Bonchev–Trinajstić information content (AvgIpc) is 3.91. The third kappa shape index (κ3) is 13.4. The van der Waals surface area contributed by atoms with Gasteiger partial charge < -0.3 is 46.1 Å². The highest BCUT2D eigenvalue weighted by Crippen LogP contribution is 2.47. The van der Waals surface area contributed by atoms with Crippen molar-refractivity contribution in [1.29, 1.82) is 0 Å². The molecule has 1 unspecified atom stereocenters. The van der Waals surface area contributed by atoms with Gasteiger partial charge in [-0.1, -0.05) is 70.6 Å². The van der Waals surface area contributed by atoms with Crippen LogP contribution in [0.4, 0.5) is 0 Å². The summed E-state index contributed by atoms with van der Waals surface area (Å²) in [6, 6.07) is 6.09. The molecule has 10 nitrogen and oxygen atoms in total. The molecule has 0 spiro atoms. The molecule has 0 saturated heterocycles. The van der Waals surface area contributed by atoms with Crippen molar-refractivity contribution in [2.45, 2.75) is 160 Å². The van der Waals surface area contributed by atoms with E-state index >= 15 is 0 Å². The molecule has 2 saturated carbocycles. The fourth-order valence-electron chi connectivity index (χ4n) is 9.18. The molecule has 0 aromatic heterocycles. The molecule has 56 heavy (non-hydrogen) atoms. The van der Waals surface area contributed by atoms with E-state index in [9.17, 15) is 25.5 Å². The first kappa shape index (κ1) is 44.4. The van der Waals surface area contributed by atoms with Crippen molar-refractivity contribution in [3.63, 3.8) is 0 Å². The molecule has 2 fully saturated rings. The Bertz CT molecular complexity index is 1430. The van der Waals surface area contributed by atoms with Crippen LogP contribution in [0.15, 0.2) is 46.7 Å². The molecule has 1 aromatic carbocycles. The second-order valence-electron chi connectivity index (χ2n) is 17.6. The van der Waals surface area contributed by atoms with Gasteiger partial charge in [0.25, 0.3) is 0 Å². The maximum atomic E-state index is 11.2. The van der Waals surface area contributed by atoms with Crippen molar-refractivity contribution in [2.24, 2.45) is 34.4 Å². The van der Waals surface area contributed by atoms with E-state index < -0.39 is 12.2 Å². The SMILES string of the molecule is CC(C)CC[C@H](O)CC[C@H](N)CCCCCCC1OC(CCc2ccc(O)c(OC[C@H](O)[C+]3C=C4C(=N3)CC[C@@H]3CCC[C@@H]3[C@H]4CNC[C@H](C)O)c2)=C[C-]1CO. The number of nitrogens with zero attached hydrogens (tertiary/aromatic N) is 1. The highest BCUT2D eigenvalue weighted by molar-refractivity contribution is 6.04. The summed E-state index contributed by atoms with van der Waals surface area (Å²) < 4.78 is 12.3. The number of nitrogens with one attached hydrogen (secondary N) is 1. The lowest BCUT2D eigenvalue weighted by molar-refractivity contribution is 0.120. The molecule has 8 N–H and O–H groups in total. The molecular weight excluding hydrogens is 707 g/mol. The van der Waals surface area contributed by atoms with Gasteiger partial charge in [0, 0.05) is 38.3 Å². The maximum absolute atomic E-state index is 11.2. The minimum atomic E-state index is -0.932. The Morgan fingerprint density at radius 2 is 1.80 bits per heavy atom. The van der Waals surface area contributed by atoms with E-state index in [1.807, 2.05) is 18.2 Å². The molecule has 2 aliphatic heterocycles. The molecular formula is C46H73N3O7. The Balaban J connectivity index is 1.02. The number of nitrogens with two attached hydrogens (primary N) is 1. The summed E-state index contributed by atoms with van der Waals surface area (Å²) in [4.78, 5) is 4.91. The molecule has 1 aromatic rings. The smallest absolute Gasteiger partial charge is 0.189 e. The summed E-state index contributed by atoms with van der Waals surface area (Å²) in [6.45, 7) is 7.48. The van der Waals surface area contributed by atoms with Crippen LogP contribution in [-0.2, 0) is 11.2 Å². The molecule has 4 aliphatic rings. The number of aliphatic hydroxyl groups excluding tert-OH is 4. The van der Waals surface area contributed by atoms with Crippen molar-refractivity contribution in [2.75, 3.05) is 26.3 Å². The van der Waals surface area contributed by atoms with Crippen LogP contribution < -0.4 is 15.8 Å². The number of aliphatic imine (C=N–C) groups is 1. The van der Waals surface area contributed by atoms with E-state index in [0.717, 1.165) is 107 Å². The Morgan fingerprint density at radius 3 is 2.59 bits per heavy atom. The standard InChI is InChI=1S/C46H73N3O7/c1-30(2)13-18-36(52)19-17-35(47)10-6-4-5-7-12-45-34(28-50)24-37(56-45)20-14-32-15-22-43(53)46(23-32)55-29-44(54)42-25-39-40(27-48-26-31(3)51)38-11-8-9-33(38)16-21-41(39)49-42/h15,22-25,30-31,33,35-36,38,40,44-45,48,50-54H,4-14,16-21,26-29,47H2,1-3H3/t31-,33-,35+,36-,38-,40+,44-,45?/m0/s1. The lowest BCUT2D eigenvalue weighted by Crippen LogP contribution is -2.34. The normalized spacial score (nSPS) is 24.2. The number of aliphatic hydroxyl groups is 4. The van der Waals surface area contributed by atoms with Crippen molar-refractivity contribution in [1.82, 2.24) is 5.32 Å². The number of aryl methyl sites for hydroxylation is 1. The number of fused-ring (bicyclic) bond motifs is 2. The Labute approximate surface area is 337 Å². The van der Waals surface area contributed by atoms with Crippen molar-refractivity contribution in [3.05, 3.63) is 59.2 Å². The number of ether oxygens (including phenoxy) is 2. The van der Waals surface area contributed by atoms with E-state index in [4.69, 9.17) is 20.2 Å². The number of phenols is 1. The summed E-state index contributed by atoms with van der Waals surface area (Å²) in [7, 11) is 0. The van der Waals surface area contributed by atoms with Gasteiger partial charge in [-0.2, -0.15) is 12.0 Å². The summed E-state index contributed by atoms with van der Waals surface area (Å²) in [6.07, 6.45) is 19.3. The van der Waals surface area contributed by atoms with Crippen LogP contribution in [0.2, 0.25) is 0 Å². The molecule has 0 amide bonds. The average molecular weight is 780 g/mol. The zero-order valence-electron chi connectivity index (χ0n) is 34.5. The number of aromatic hydroxyl groups is 1. The predicted octanol–water partition coefficient (Wildman–Crippen LogP) is 6.87. The fourth-order valence-corrected chi connectivity index (χ4v) is 9.18. The van der Waals surface area contributed by atoms with Gasteiger partial charge in [0.15, 0.2) is 29.4 Å². The van der Waals surface area contributed by atoms with Gasteiger partial charge in [-0.05, 0) is 100 Å². The van der Waals surface area contributed by atoms with Crippen LogP contribution >= 0.6 is 0 Å². The van der Waals surface area contributed by atoms with Crippen molar-refractivity contribution >= 4 is 5.71 Å². The number of allylic oxidation sites excluding steroid dienone is 1. The largest absolute Gasteiger partial charge is 0.592 e. The number of hydrogen-bond acceptors (Lipinski definition) is 10. The fraction of sp³-hybridized carbons (Fsp3) is 0.717. The number of unbranched alkanes of at least 4 members (excludes halogenated alkanes) is 3. The Morgan fingerprint density at radius 1 is 1.00 bits per heavy atom. The topological polar surface area (TPSA) is 170 Å². The van der Waals surface area contributed by atoms with E-state index in [1.54, 1.807) is 13.0 Å². The number of hydrogen-bond donors (Lipinski definition) is 7. The number of phenolic OH excluding ortho intramolecular Hbond substituents is 1. The highest BCUT2D eigenvalue weighted by atomic mass is 16.5. The zero-order chi connectivity index (χ0) is 40.0. The molecule has 8 atom stereocenters. The van der Waals surface area contributed by atoms with Crippen LogP contribution in [0.3, 0.4) is 0 Å². The molecule has 2 aliphatic carbocycles. The Hall–Kier alpha value is -2.73. The van der Waals surface area contributed by atoms with E-state index in [1.165, 1.54) is 24.8 Å². The quantitative estimate of drug-likeness (QED) is 0.0414. The van der Waals surface area contributed by atoms with Gasteiger partial charge in [0.05, 0.1) is 24.2 Å². The first-order valence-corrected chi connectivity index (χ1v) is 22.0. The van der Waals surface area contributed by atoms with E-state index in [-0.39, 0.29) is 37.2 Å². The molecule has 5 rings (SSSR count). The lowest BCUT2D eigenvalue weighted by Gasteiger charge is -2.26. The first-order valence-electron chi connectivity index (χ1n) is 22.0. The van der Waals surface area contributed by atoms with Crippen molar-refractivity contribution < 1.29 is 35.0 Å². The van der Waals surface area contributed by atoms with Crippen LogP contribution in [0.5, 0.6) is 11.5 Å². The molecule has 314 valence electrons. The predicted molar refractivity (Wildman–Crippen MR) is 223 cm³/mol. The van der Waals surface area contributed by atoms with Gasteiger partial charge >= 0.3 is 0 Å². The molecule has 2 heterocycles. The maximum Gasteiger partial charge on any atom is 0.189 e. The monoisotopic (exact) mass is 780 g/mol. The summed E-state index contributed by atoms with van der Waals surface area (Å²) in [5.74, 6) is 4.35. The number of benzene rings is 1. The second kappa shape index (κ2) is 22.4. The van der Waals surface area contributed by atoms with Gasteiger partial charge in [-0.3, -0.25) is 0 Å². The highest BCUT2D eigenvalue weighted by Gasteiger charge is 2.47. The summed E-state index contributed by atoms with van der Waals surface area (Å²) in [5.41, 5.74) is 9.60. The van der Waals surface area contributed by atoms with E-state index in [0.29, 0.717) is 54.8 Å². The van der Waals surface area contributed by atoms with Crippen LogP contribution in [0.1, 0.15) is 129 Å². The molecule has 10 heteroatoms. The zero-order valence-corrected chi connectivity index (χ0v) is 34.5.